The first-order valence-corrected chi connectivity index (χ1v) is 8.99. The van der Waals surface area contributed by atoms with Gasteiger partial charge >= 0.3 is 0 Å². The van der Waals surface area contributed by atoms with Crippen molar-refractivity contribution >= 4 is 11.7 Å². The summed E-state index contributed by atoms with van der Waals surface area (Å²) in [7, 11) is 3.44. The SMILES string of the molecule is CCOCC(C)N[C@@H]1CCN(c2nc(C(=O)N(C)C)nc(C)c2C)C1. The second-order valence-electron chi connectivity index (χ2n) is 6.94. The van der Waals surface area contributed by atoms with Crippen molar-refractivity contribution in [3.63, 3.8) is 0 Å². The molecule has 1 aliphatic rings. The molecule has 0 spiro atoms. The fourth-order valence-electron chi connectivity index (χ4n) is 3.05. The maximum Gasteiger partial charge on any atom is 0.291 e. The van der Waals surface area contributed by atoms with Crippen molar-refractivity contribution in [3.8, 4) is 0 Å². The minimum Gasteiger partial charge on any atom is -0.380 e. The van der Waals surface area contributed by atoms with Crippen LogP contribution >= 0.6 is 0 Å². The van der Waals surface area contributed by atoms with Crippen LogP contribution in [0.2, 0.25) is 0 Å². The van der Waals surface area contributed by atoms with Crippen LogP contribution in [0.25, 0.3) is 0 Å². The van der Waals surface area contributed by atoms with E-state index in [4.69, 9.17) is 4.74 Å². The first-order valence-electron chi connectivity index (χ1n) is 8.99. The Morgan fingerprint density at radius 1 is 1.40 bits per heavy atom. The van der Waals surface area contributed by atoms with Crippen LogP contribution in [0.15, 0.2) is 0 Å². The largest absolute Gasteiger partial charge is 0.380 e. The first kappa shape index (κ1) is 19.6. The van der Waals surface area contributed by atoms with E-state index in [1.54, 1.807) is 14.1 Å². The summed E-state index contributed by atoms with van der Waals surface area (Å²) < 4.78 is 5.48. The molecule has 0 saturated carbocycles. The molecule has 1 fully saturated rings. The lowest BCUT2D eigenvalue weighted by Crippen LogP contribution is -2.41. The van der Waals surface area contributed by atoms with E-state index in [0.717, 1.165) is 49.8 Å². The van der Waals surface area contributed by atoms with E-state index in [1.807, 2.05) is 20.8 Å². The number of rotatable bonds is 7. The minimum atomic E-state index is -0.163. The van der Waals surface area contributed by atoms with Crippen molar-refractivity contribution < 1.29 is 9.53 Å². The zero-order valence-corrected chi connectivity index (χ0v) is 16.3. The molecule has 2 heterocycles. The van der Waals surface area contributed by atoms with Gasteiger partial charge in [-0.15, -0.1) is 0 Å². The molecule has 7 heteroatoms. The van der Waals surface area contributed by atoms with E-state index < -0.39 is 0 Å². The summed E-state index contributed by atoms with van der Waals surface area (Å²) in [6, 6.07) is 0.724. The lowest BCUT2D eigenvalue weighted by Gasteiger charge is -2.23. The standard InChI is InChI=1S/C18H31N5O2/c1-7-25-11-12(2)19-15-8-9-23(10-15)17-13(3)14(4)20-16(21-17)18(24)22(5)6/h12,15,19H,7-11H2,1-6H3/t12?,15-/m1/s1. The van der Waals surface area contributed by atoms with Gasteiger partial charge in [-0.3, -0.25) is 4.79 Å². The van der Waals surface area contributed by atoms with Crippen LogP contribution in [0.5, 0.6) is 0 Å². The Hall–Kier alpha value is -1.73. The molecule has 2 rings (SSSR count). The number of carbonyl (C=O) groups is 1. The molecule has 1 amide bonds. The molecule has 0 bridgehead atoms. The molecule has 7 nitrogen and oxygen atoms in total. The predicted molar refractivity (Wildman–Crippen MR) is 99.2 cm³/mol. The maximum atomic E-state index is 12.2. The quantitative estimate of drug-likeness (QED) is 0.802. The predicted octanol–water partition coefficient (Wildman–Crippen LogP) is 1.39. The number of hydrogen-bond donors (Lipinski definition) is 1. The van der Waals surface area contributed by atoms with Crippen molar-refractivity contribution in [2.75, 3.05) is 45.3 Å². The number of nitrogens with zero attached hydrogens (tertiary/aromatic N) is 4. The van der Waals surface area contributed by atoms with Gasteiger partial charge in [0.05, 0.1) is 6.61 Å². The number of anilines is 1. The van der Waals surface area contributed by atoms with E-state index in [2.05, 4.69) is 27.1 Å². The summed E-state index contributed by atoms with van der Waals surface area (Å²) >= 11 is 0. The lowest BCUT2D eigenvalue weighted by atomic mass is 10.2. The first-order chi connectivity index (χ1) is 11.8. The van der Waals surface area contributed by atoms with Crippen LogP contribution in [-0.2, 0) is 4.74 Å². The molecule has 0 aliphatic carbocycles. The van der Waals surface area contributed by atoms with Gasteiger partial charge in [0.1, 0.15) is 5.82 Å². The molecule has 1 N–H and O–H groups in total. The molecule has 1 aromatic rings. The third kappa shape index (κ3) is 4.89. The Kier molecular flexibility index (Phi) is 6.72. The highest BCUT2D eigenvalue weighted by atomic mass is 16.5. The Morgan fingerprint density at radius 2 is 2.12 bits per heavy atom. The number of hydrogen-bond acceptors (Lipinski definition) is 6. The van der Waals surface area contributed by atoms with Gasteiger partial charge in [0.15, 0.2) is 0 Å². The monoisotopic (exact) mass is 349 g/mol. The fourth-order valence-corrected chi connectivity index (χ4v) is 3.05. The van der Waals surface area contributed by atoms with Crippen molar-refractivity contribution in [2.45, 2.75) is 46.2 Å². The molecule has 0 aromatic carbocycles. The van der Waals surface area contributed by atoms with Crippen molar-refractivity contribution in [2.24, 2.45) is 0 Å². The molecule has 140 valence electrons. The van der Waals surface area contributed by atoms with E-state index in [9.17, 15) is 4.79 Å². The highest BCUT2D eigenvalue weighted by Gasteiger charge is 2.27. The minimum absolute atomic E-state index is 0.163. The molecular formula is C18H31N5O2. The van der Waals surface area contributed by atoms with E-state index in [1.165, 1.54) is 4.90 Å². The van der Waals surface area contributed by atoms with Gasteiger partial charge in [0.2, 0.25) is 5.82 Å². The van der Waals surface area contributed by atoms with Gasteiger partial charge < -0.3 is 19.9 Å². The maximum absolute atomic E-state index is 12.2. The van der Waals surface area contributed by atoms with Gasteiger partial charge in [-0.25, -0.2) is 9.97 Å². The average molecular weight is 349 g/mol. The second-order valence-corrected chi connectivity index (χ2v) is 6.94. The Balaban J connectivity index is 2.10. The number of nitrogens with one attached hydrogen (secondary N) is 1. The highest BCUT2D eigenvalue weighted by Crippen LogP contribution is 2.24. The molecule has 1 unspecified atom stereocenters. The molecular weight excluding hydrogens is 318 g/mol. The summed E-state index contributed by atoms with van der Waals surface area (Å²) in [6.07, 6.45) is 1.05. The van der Waals surface area contributed by atoms with E-state index in [0.29, 0.717) is 12.1 Å². The van der Waals surface area contributed by atoms with Crippen LogP contribution in [-0.4, -0.2) is 73.3 Å². The third-order valence-corrected chi connectivity index (χ3v) is 4.54. The smallest absolute Gasteiger partial charge is 0.291 e. The third-order valence-electron chi connectivity index (χ3n) is 4.54. The van der Waals surface area contributed by atoms with Gasteiger partial charge in [-0.05, 0) is 34.1 Å². The zero-order chi connectivity index (χ0) is 18.6. The normalized spacial score (nSPS) is 18.5. The Bertz CT molecular complexity index is 605. The molecule has 1 aromatic heterocycles. The summed E-state index contributed by atoms with van der Waals surface area (Å²) in [5.41, 5.74) is 1.90. The van der Waals surface area contributed by atoms with Crippen molar-refractivity contribution in [1.82, 2.24) is 20.2 Å². The summed E-state index contributed by atoms with van der Waals surface area (Å²) in [5.74, 6) is 0.979. The molecule has 2 atom stereocenters. The molecule has 1 aliphatic heterocycles. The number of aromatic nitrogens is 2. The van der Waals surface area contributed by atoms with Crippen LogP contribution < -0.4 is 10.2 Å². The van der Waals surface area contributed by atoms with Crippen molar-refractivity contribution in [1.29, 1.82) is 0 Å². The Labute approximate surface area is 150 Å². The Morgan fingerprint density at radius 3 is 2.76 bits per heavy atom. The molecule has 0 radical (unpaired) electrons. The van der Waals surface area contributed by atoms with Crippen LogP contribution in [0, 0.1) is 13.8 Å². The van der Waals surface area contributed by atoms with Gasteiger partial charge in [0, 0.05) is 57.1 Å². The number of aryl methyl sites for hydroxylation is 1. The number of ether oxygens (including phenoxy) is 1. The van der Waals surface area contributed by atoms with E-state index >= 15 is 0 Å². The van der Waals surface area contributed by atoms with E-state index in [-0.39, 0.29) is 11.7 Å². The summed E-state index contributed by atoms with van der Waals surface area (Å²) in [4.78, 5) is 24.9. The van der Waals surface area contributed by atoms with Crippen LogP contribution in [0.4, 0.5) is 5.82 Å². The zero-order valence-electron chi connectivity index (χ0n) is 16.3. The fraction of sp³-hybridized carbons (Fsp3) is 0.722. The van der Waals surface area contributed by atoms with Gasteiger partial charge in [0.25, 0.3) is 5.91 Å². The van der Waals surface area contributed by atoms with Gasteiger partial charge in [-0.2, -0.15) is 0 Å². The average Bonchev–Trinajstić information content (AvgIpc) is 3.02. The summed E-state index contributed by atoms with van der Waals surface area (Å²) in [6.45, 7) is 11.4. The van der Waals surface area contributed by atoms with Crippen molar-refractivity contribution in [3.05, 3.63) is 17.1 Å². The topological polar surface area (TPSA) is 70.6 Å². The molecule has 25 heavy (non-hydrogen) atoms. The lowest BCUT2D eigenvalue weighted by molar-refractivity contribution is 0.0815. The van der Waals surface area contributed by atoms with Crippen LogP contribution in [0.1, 0.15) is 42.1 Å². The second kappa shape index (κ2) is 8.58. The molecule has 1 saturated heterocycles. The number of carbonyl (C=O) groups excluding carboxylic acids is 1. The number of amides is 1. The highest BCUT2D eigenvalue weighted by molar-refractivity contribution is 5.90. The van der Waals surface area contributed by atoms with Crippen LogP contribution in [0.3, 0.4) is 0 Å². The van der Waals surface area contributed by atoms with Gasteiger partial charge in [-0.1, -0.05) is 0 Å². The summed E-state index contributed by atoms with van der Waals surface area (Å²) in [5, 5.41) is 3.62.